The summed E-state index contributed by atoms with van der Waals surface area (Å²) in [5, 5.41) is 8.86. The van der Waals surface area contributed by atoms with Crippen LogP contribution in [0.4, 0.5) is 0 Å². The molecule has 25 heavy (non-hydrogen) atoms. The number of ketones is 1. The molecule has 130 valence electrons. The molecule has 2 aromatic rings. The SMILES string of the molecule is CN(C)CCOc1ccc(C(=O)/C=C\c2ccc(C(=O)O)cc2)cc1. The summed E-state index contributed by atoms with van der Waals surface area (Å²) in [6, 6.07) is 13.3. The van der Waals surface area contributed by atoms with Gasteiger partial charge >= 0.3 is 5.97 Å². The molecule has 0 bridgehead atoms. The lowest BCUT2D eigenvalue weighted by atomic mass is 10.1. The number of nitrogens with zero attached hydrogens (tertiary/aromatic N) is 1. The standard InChI is InChI=1S/C20H21NO4/c1-21(2)13-14-25-18-10-8-16(9-11-18)19(22)12-5-15-3-6-17(7-4-15)20(23)24/h3-12H,13-14H2,1-2H3,(H,23,24)/b12-5-. The van der Waals surface area contributed by atoms with E-state index in [0.717, 1.165) is 17.9 Å². The summed E-state index contributed by atoms with van der Waals surface area (Å²) in [6.45, 7) is 1.41. The minimum absolute atomic E-state index is 0.123. The molecule has 0 aromatic heterocycles. The topological polar surface area (TPSA) is 66.8 Å². The van der Waals surface area contributed by atoms with Gasteiger partial charge in [0.05, 0.1) is 5.56 Å². The van der Waals surface area contributed by atoms with E-state index in [4.69, 9.17) is 9.84 Å². The Hall–Kier alpha value is -2.92. The average Bonchev–Trinajstić information content (AvgIpc) is 2.60. The monoisotopic (exact) mass is 339 g/mol. The molecule has 0 saturated heterocycles. The van der Waals surface area contributed by atoms with Crippen molar-refractivity contribution in [1.82, 2.24) is 4.90 Å². The second-order valence-electron chi connectivity index (χ2n) is 5.80. The van der Waals surface area contributed by atoms with E-state index >= 15 is 0 Å². The summed E-state index contributed by atoms with van der Waals surface area (Å²) in [7, 11) is 3.96. The zero-order chi connectivity index (χ0) is 18.2. The molecular weight excluding hydrogens is 318 g/mol. The molecule has 0 heterocycles. The number of carbonyl (C=O) groups is 2. The van der Waals surface area contributed by atoms with Gasteiger partial charge in [-0.25, -0.2) is 4.79 Å². The highest BCUT2D eigenvalue weighted by atomic mass is 16.5. The molecule has 2 aromatic carbocycles. The summed E-state index contributed by atoms with van der Waals surface area (Å²) in [6.07, 6.45) is 3.13. The summed E-state index contributed by atoms with van der Waals surface area (Å²) in [5.74, 6) is -0.367. The van der Waals surface area contributed by atoms with E-state index in [2.05, 4.69) is 0 Å². The van der Waals surface area contributed by atoms with Crippen LogP contribution < -0.4 is 4.74 Å². The number of rotatable bonds is 8. The van der Waals surface area contributed by atoms with Crippen molar-refractivity contribution in [2.75, 3.05) is 27.2 Å². The van der Waals surface area contributed by atoms with Crippen LogP contribution in [-0.4, -0.2) is 49.0 Å². The molecular formula is C20H21NO4. The quantitative estimate of drug-likeness (QED) is 0.591. The molecule has 0 spiro atoms. The first-order chi connectivity index (χ1) is 12.0. The normalized spacial score (nSPS) is 11.0. The number of hydrogen-bond acceptors (Lipinski definition) is 4. The maximum Gasteiger partial charge on any atom is 0.335 e. The first-order valence-electron chi connectivity index (χ1n) is 7.89. The number of ether oxygens (including phenoxy) is 1. The van der Waals surface area contributed by atoms with Crippen LogP contribution in [0.15, 0.2) is 54.6 Å². The van der Waals surface area contributed by atoms with Gasteiger partial charge in [0.25, 0.3) is 0 Å². The smallest absolute Gasteiger partial charge is 0.335 e. The van der Waals surface area contributed by atoms with Crippen LogP contribution in [0.1, 0.15) is 26.3 Å². The second-order valence-corrected chi connectivity index (χ2v) is 5.80. The van der Waals surface area contributed by atoms with Gasteiger partial charge in [-0.2, -0.15) is 0 Å². The van der Waals surface area contributed by atoms with Crippen LogP contribution in [0, 0.1) is 0 Å². The first-order valence-corrected chi connectivity index (χ1v) is 7.89. The summed E-state index contributed by atoms with van der Waals surface area (Å²) in [5.41, 5.74) is 1.55. The van der Waals surface area contributed by atoms with Crippen LogP contribution in [-0.2, 0) is 0 Å². The third-order valence-electron chi connectivity index (χ3n) is 3.53. The van der Waals surface area contributed by atoms with Crippen molar-refractivity contribution in [3.8, 4) is 5.75 Å². The van der Waals surface area contributed by atoms with E-state index in [0.29, 0.717) is 12.2 Å². The van der Waals surface area contributed by atoms with E-state index < -0.39 is 5.97 Å². The number of carboxylic acid groups (broad SMARTS) is 1. The Kier molecular flexibility index (Phi) is 6.48. The molecule has 5 heteroatoms. The van der Waals surface area contributed by atoms with Crippen LogP contribution in [0.2, 0.25) is 0 Å². The van der Waals surface area contributed by atoms with E-state index in [1.807, 2.05) is 19.0 Å². The number of aromatic carboxylic acids is 1. The fourth-order valence-electron chi connectivity index (χ4n) is 2.07. The summed E-state index contributed by atoms with van der Waals surface area (Å²) < 4.78 is 5.59. The Morgan fingerprint density at radius 2 is 1.60 bits per heavy atom. The average molecular weight is 339 g/mol. The highest BCUT2D eigenvalue weighted by Crippen LogP contribution is 2.14. The predicted molar refractivity (Wildman–Crippen MR) is 97.3 cm³/mol. The van der Waals surface area contributed by atoms with Gasteiger partial charge in [-0.05, 0) is 62.1 Å². The van der Waals surface area contributed by atoms with Gasteiger partial charge in [-0.15, -0.1) is 0 Å². The number of benzene rings is 2. The van der Waals surface area contributed by atoms with Crippen LogP contribution in [0.3, 0.4) is 0 Å². The highest BCUT2D eigenvalue weighted by Gasteiger charge is 2.04. The van der Waals surface area contributed by atoms with Crippen molar-refractivity contribution >= 4 is 17.8 Å². The van der Waals surface area contributed by atoms with Gasteiger partial charge in [0.15, 0.2) is 5.78 Å². The minimum Gasteiger partial charge on any atom is -0.492 e. The Morgan fingerprint density at radius 1 is 1.00 bits per heavy atom. The Balaban J connectivity index is 1.94. The van der Waals surface area contributed by atoms with E-state index in [1.54, 1.807) is 42.5 Å². The number of likely N-dealkylation sites (N-methyl/N-ethyl adjacent to an activating group) is 1. The molecule has 0 saturated carbocycles. The van der Waals surface area contributed by atoms with Gasteiger partial charge in [0, 0.05) is 12.1 Å². The van der Waals surface area contributed by atoms with Gasteiger partial charge in [0.1, 0.15) is 12.4 Å². The van der Waals surface area contributed by atoms with Crippen molar-refractivity contribution in [2.45, 2.75) is 0 Å². The van der Waals surface area contributed by atoms with Gasteiger partial charge < -0.3 is 14.7 Å². The number of carboxylic acids is 1. The Bertz CT molecular complexity index is 746. The van der Waals surface area contributed by atoms with E-state index in [9.17, 15) is 9.59 Å². The highest BCUT2D eigenvalue weighted by molar-refractivity contribution is 6.06. The molecule has 0 aliphatic heterocycles. The fourth-order valence-corrected chi connectivity index (χ4v) is 2.07. The van der Waals surface area contributed by atoms with Crippen molar-refractivity contribution < 1.29 is 19.4 Å². The van der Waals surface area contributed by atoms with Gasteiger partial charge in [0.2, 0.25) is 0 Å². The lowest BCUT2D eigenvalue weighted by Crippen LogP contribution is -2.19. The van der Waals surface area contributed by atoms with Crippen molar-refractivity contribution in [2.24, 2.45) is 0 Å². The molecule has 0 aliphatic carbocycles. The maximum absolute atomic E-state index is 12.2. The van der Waals surface area contributed by atoms with Crippen molar-refractivity contribution in [1.29, 1.82) is 0 Å². The number of carbonyl (C=O) groups excluding carboxylic acids is 1. The molecule has 0 unspecified atom stereocenters. The summed E-state index contributed by atoms with van der Waals surface area (Å²) in [4.78, 5) is 25.0. The Morgan fingerprint density at radius 3 is 2.16 bits per heavy atom. The molecule has 5 nitrogen and oxygen atoms in total. The Labute approximate surface area is 147 Å². The first kappa shape index (κ1) is 18.4. The molecule has 0 fully saturated rings. The lowest BCUT2D eigenvalue weighted by molar-refractivity contribution is 0.0696. The number of allylic oxidation sites excluding steroid dienone is 1. The zero-order valence-corrected chi connectivity index (χ0v) is 14.3. The van der Waals surface area contributed by atoms with E-state index in [-0.39, 0.29) is 11.3 Å². The largest absolute Gasteiger partial charge is 0.492 e. The van der Waals surface area contributed by atoms with Gasteiger partial charge in [-0.3, -0.25) is 4.79 Å². The van der Waals surface area contributed by atoms with Crippen LogP contribution >= 0.6 is 0 Å². The number of hydrogen-bond donors (Lipinski definition) is 1. The van der Waals surface area contributed by atoms with Crippen LogP contribution in [0.5, 0.6) is 5.75 Å². The maximum atomic E-state index is 12.2. The predicted octanol–water partition coefficient (Wildman–Crippen LogP) is 3.22. The molecule has 1 N–H and O–H groups in total. The third kappa shape index (κ3) is 5.90. The van der Waals surface area contributed by atoms with Gasteiger partial charge in [-0.1, -0.05) is 18.2 Å². The second kappa shape index (κ2) is 8.80. The molecule has 0 amide bonds. The lowest BCUT2D eigenvalue weighted by Gasteiger charge is -2.10. The zero-order valence-electron chi connectivity index (χ0n) is 14.3. The molecule has 0 radical (unpaired) electrons. The fraction of sp³-hybridized carbons (Fsp3) is 0.200. The van der Waals surface area contributed by atoms with Crippen molar-refractivity contribution in [3.63, 3.8) is 0 Å². The molecule has 0 aliphatic rings. The minimum atomic E-state index is -0.973. The van der Waals surface area contributed by atoms with Crippen LogP contribution in [0.25, 0.3) is 6.08 Å². The molecule has 0 atom stereocenters. The molecule has 2 rings (SSSR count). The summed E-state index contributed by atoms with van der Waals surface area (Å²) >= 11 is 0. The third-order valence-corrected chi connectivity index (χ3v) is 3.53. The van der Waals surface area contributed by atoms with E-state index in [1.165, 1.54) is 18.2 Å². The van der Waals surface area contributed by atoms with Crippen molar-refractivity contribution in [3.05, 3.63) is 71.3 Å².